The molecule has 17 heavy (non-hydrogen) atoms. The van der Waals surface area contributed by atoms with Crippen molar-refractivity contribution < 1.29 is 37.6 Å². The molecule has 0 spiro atoms. The van der Waals surface area contributed by atoms with Gasteiger partial charge in [-0.3, -0.25) is 0 Å². The summed E-state index contributed by atoms with van der Waals surface area (Å²) < 4.78 is 0. The zero-order valence-corrected chi connectivity index (χ0v) is 11.0. The molecule has 0 bridgehead atoms. The summed E-state index contributed by atoms with van der Waals surface area (Å²) in [6, 6.07) is 0. The Balaban J connectivity index is -0.000000218. The quantitative estimate of drug-likeness (QED) is 0.347. The minimum Gasteiger partial charge on any atom is -0.411 e. The molecule has 101 valence electrons. The van der Waals surface area contributed by atoms with Gasteiger partial charge in [0.05, 0.1) is 0 Å². The summed E-state index contributed by atoms with van der Waals surface area (Å²) in [5, 5.41) is 43.3. The van der Waals surface area contributed by atoms with Crippen LogP contribution in [-0.4, -0.2) is 43.7 Å². The average molecular weight is 291 g/mol. The van der Waals surface area contributed by atoms with Gasteiger partial charge in [-0.1, -0.05) is 20.6 Å². The summed E-state index contributed by atoms with van der Waals surface area (Å²) in [5.41, 5.74) is 1.25. The normalized spacial score (nSPS) is 13.4. The number of nitrogens with zero attached hydrogens (tertiary/aromatic N) is 4. The van der Waals surface area contributed by atoms with Crippen LogP contribution in [0, 0.1) is 0 Å². The molecule has 0 aromatic carbocycles. The standard InChI is InChI=1S/2C4H8N2O2.Co/c2*1-3(5-7)4(2)6-8;/h2*7-8H,1-2H3;/b5-3+,6-4+;5-3-,6-4+;. The first kappa shape index (κ1) is 20.8. The fraction of sp³-hybridized carbons (Fsp3) is 0.500. The van der Waals surface area contributed by atoms with Crippen LogP contribution in [0.25, 0.3) is 0 Å². The van der Waals surface area contributed by atoms with Crippen LogP contribution < -0.4 is 0 Å². The van der Waals surface area contributed by atoms with Gasteiger partial charge in [0.2, 0.25) is 0 Å². The van der Waals surface area contributed by atoms with Crippen LogP contribution in [0.5, 0.6) is 0 Å². The molecule has 0 aliphatic rings. The second kappa shape index (κ2) is 12.5. The number of rotatable bonds is 2. The van der Waals surface area contributed by atoms with Gasteiger partial charge >= 0.3 is 0 Å². The number of oxime groups is 4. The maximum absolute atomic E-state index is 8.03. The van der Waals surface area contributed by atoms with Crippen molar-refractivity contribution in [1.29, 1.82) is 0 Å². The molecule has 0 atom stereocenters. The van der Waals surface area contributed by atoms with Crippen LogP contribution in [-0.2, 0) is 16.8 Å². The Hall–Kier alpha value is -1.61. The second-order valence-corrected chi connectivity index (χ2v) is 2.74. The van der Waals surface area contributed by atoms with Crippen LogP contribution in [0.1, 0.15) is 27.7 Å². The van der Waals surface area contributed by atoms with E-state index in [9.17, 15) is 0 Å². The number of hydrogen-bond donors (Lipinski definition) is 4. The Kier molecular flexibility index (Phi) is 15.2. The summed E-state index contributed by atoms with van der Waals surface area (Å²) >= 11 is 0. The van der Waals surface area contributed by atoms with E-state index >= 15 is 0 Å². The molecule has 0 saturated heterocycles. The van der Waals surface area contributed by atoms with E-state index in [1.807, 2.05) is 0 Å². The zero-order valence-electron chi connectivity index (χ0n) is 9.91. The van der Waals surface area contributed by atoms with E-state index in [2.05, 4.69) is 20.6 Å². The predicted molar refractivity (Wildman–Crippen MR) is 59.6 cm³/mol. The molecule has 4 N–H and O–H groups in total. The van der Waals surface area contributed by atoms with Gasteiger partial charge in [0.25, 0.3) is 0 Å². The summed E-state index contributed by atoms with van der Waals surface area (Å²) in [6.45, 7) is 6.15. The molecule has 0 aromatic heterocycles. The third kappa shape index (κ3) is 10.7. The molecule has 0 aliphatic heterocycles. The Morgan fingerprint density at radius 2 is 0.647 bits per heavy atom. The zero-order chi connectivity index (χ0) is 13.1. The minimum atomic E-state index is 0. The Bertz CT molecular complexity index is 261. The van der Waals surface area contributed by atoms with Crippen LogP contribution in [0.15, 0.2) is 20.6 Å². The van der Waals surface area contributed by atoms with Crippen molar-refractivity contribution >= 4 is 22.8 Å². The van der Waals surface area contributed by atoms with Gasteiger partial charge in [-0.25, -0.2) is 0 Å². The summed E-state index contributed by atoms with van der Waals surface area (Å²) in [4.78, 5) is 0. The fourth-order valence-corrected chi connectivity index (χ4v) is 0.289. The Labute approximate surface area is 109 Å². The summed E-state index contributed by atoms with van der Waals surface area (Å²) in [5.74, 6) is 0. The average Bonchev–Trinajstić information content (AvgIpc) is 2.35. The smallest absolute Gasteiger partial charge is 0.101 e. The topological polar surface area (TPSA) is 130 Å². The van der Waals surface area contributed by atoms with E-state index in [4.69, 9.17) is 20.8 Å². The van der Waals surface area contributed by atoms with Crippen LogP contribution in [0.2, 0.25) is 0 Å². The van der Waals surface area contributed by atoms with Crippen molar-refractivity contribution in [3.8, 4) is 0 Å². The van der Waals surface area contributed by atoms with Gasteiger partial charge < -0.3 is 20.8 Å². The molecule has 0 fully saturated rings. The van der Waals surface area contributed by atoms with E-state index in [1.165, 1.54) is 27.7 Å². The van der Waals surface area contributed by atoms with E-state index in [0.29, 0.717) is 22.8 Å². The van der Waals surface area contributed by atoms with Crippen molar-refractivity contribution in [3.05, 3.63) is 0 Å². The van der Waals surface area contributed by atoms with Gasteiger partial charge in [0.15, 0.2) is 0 Å². The van der Waals surface area contributed by atoms with Crippen LogP contribution >= 0.6 is 0 Å². The third-order valence-corrected chi connectivity index (χ3v) is 1.65. The van der Waals surface area contributed by atoms with Crippen molar-refractivity contribution in [2.75, 3.05) is 0 Å². The van der Waals surface area contributed by atoms with Crippen molar-refractivity contribution in [2.45, 2.75) is 27.7 Å². The first-order valence-electron chi connectivity index (χ1n) is 4.19. The maximum Gasteiger partial charge on any atom is 0.101 e. The SMILES string of the molecule is CC(=N/O)/C(C)=N/O.CC(=N\O)/C(C)=N/O.[Co]. The van der Waals surface area contributed by atoms with E-state index in [1.54, 1.807) is 0 Å². The molecular weight excluding hydrogens is 275 g/mol. The second-order valence-electron chi connectivity index (χ2n) is 2.74. The van der Waals surface area contributed by atoms with Crippen LogP contribution in [0.3, 0.4) is 0 Å². The maximum atomic E-state index is 8.03. The minimum absolute atomic E-state index is 0. The van der Waals surface area contributed by atoms with Crippen molar-refractivity contribution in [2.24, 2.45) is 20.6 Å². The summed E-state index contributed by atoms with van der Waals surface area (Å²) in [7, 11) is 0. The van der Waals surface area contributed by atoms with E-state index in [-0.39, 0.29) is 16.8 Å². The molecule has 8 nitrogen and oxygen atoms in total. The molecule has 0 aromatic rings. The Morgan fingerprint density at radius 1 is 0.529 bits per heavy atom. The Morgan fingerprint density at radius 3 is 0.706 bits per heavy atom. The molecule has 0 heterocycles. The third-order valence-electron chi connectivity index (χ3n) is 1.65. The molecule has 0 aliphatic carbocycles. The van der Waals surface area contributed by atoms with Gasteiger partial charge in [0.1, 0.15) is 22.8 Å². The molecule has 9 heteroatoms. The first-order valence-corrected chi connectivity index (χ1v) is 4.19. The summed E-state index contributed by atoms with van der Waals surface area (Å²) in [6.07, 6.45) is 0. The van der Waals surface area contributed by atoms with E-state index in [0.717, 1.165) is 0 Å². The molecule has 0 amide bonds. The van der Waals surface area contributed by atoms with E-state index < -0.39 is 0 Å². The molecular formula is C8H16CoN4O4. The molecule has 0 rings (SSSR count). The van der Waals surface area contributed by atoms with Crippen molar-refractivity contribution in [3.63, 3.8) is 0 Å². The first-order chi connectivity index (χ1) is 7.44. The van der Waals surface area contributed by atoms with Gasteiger partial charge in [0, 0.05) is 16.8 Å². The monoisotopic (exact) mass is 291 g/mol. The van der Waals surface area contributed by atoms with Gasteiger partial charge in [-0.15, -0.1) is 0 Å². The van der Waals surface area contributed by atoms with Gasteiger partial charge in [-0.2, -0.15) is 0 Å². The predicted octanol–water partition coefficient (Wildman–Crippen LogP) is 1.37. The van der Waals surface area contributed by atoms with Gasteiger partial charge in [-0.05, 0) is 27.7 Å². The largest absolute Gasteiger partial charge is 0.411 e. The van der Waals surface area contributed by atoms with Crippen LogP contribution in [0.4, 0.5) is 0 Å². The molecule has 0 unspecified atom stereocenters. The molecule has 0 saturated carbocycles. The molecule has 1 radical (unpaired) electrons. The fourth-order valence-electron chi connectivity index (χ4n) is 0.289. The number of hydrogen-bond acceptors (Lipinski definition) is 8. The van der Waals surface area contributed by atoms with Crippen molar-refractivity contribution in [1.82, 2.24) is 0 Å².